The summed E-state index contributed by atoms with van der Waals surface area (Å²) in [6.45, 7) is 6.03. The normalized spacial score (nSPS) is 16.5. The van der Waals surface area contributed by atoms with Crippen LogP contribution in [0.1, 0.15) is 17.2 Å². The zero-order chi connectivity index (χ0) is 20.1. The summed E-state index contributed by atoms with van der Waals surface area (Å²) in [5.74, 6) is -1.33. The van der Waals surface area contributed by atoms with E-state index in [4.69, 9.17) is 11.6 Å². The van der Waals surface area contributed by atoms with Gasteiger partial charge in [0.1, 0.15) is 0 Å². The first-order chi connectivity index (χ1) is 13.5. The number of nitrogens with zero attached hydrogens (tertiary/aromatic N) is 2. The largest absolute Gasteiger partial charge is 0.346 e. The molecular formula is C20H25ClN4O2S. The molecular weight excluding hydrogens is 396 g/mol. The highest BCUT2D eigenvalue weighted by molar-refractivity contribution is 7.08. The molecule has 1 aliphatic heterocycles. The predicted octanol–water partition coefficient (Wildman–Crippen LogP) is 2.75. The van der Waals surface area contributed by atoms with Crippen molar-refractivity contribution in [2.24, 2.45) is 0 Å². The molecule has 1 saturated heterocycles. The Hall–Kier alpha value is -1.93. The van der Waals surface area contributed by atoms with Crippen LogP contribution in [-0.2, 0) is 9.59 Å². The van der Waals surface area contributed by atoms with Gasteiger partial charge < -0.3 is 15.5 Å². The first-order valence-electron chi connectivity index (χ1n) is 9.24. The fraction of sp³-hybridized carbons (Fsp3) is 0.400. The summed E-state index contributed by atoms with van der Waals surface area (Å²) in [6, 6.07) is 7.35. The van der Waals surface area contributed by atoms with Gasteiger partial charge in [-0.1, -0.05) is 17.7 Å². The molecule has 8 heteroatoms. The molecule has 1 aromatic heterocycles. The molecule has 3 rings (SSSR count). The van der Waals surface area contributed by atoms with Crippen LogP contribution < -0.4 is 10.6 Å². The maximum atomic E-state index is 12.4. The van der Waals surface area contributed by atoms with Gasteiger partial charge in [-0.05, 0) is 54.1 Å². The minimum absolute atomic E-state index is 0.0598. The lowest BCUT2D eigenvalue weighted by Crippen LogP contribution is -2.49. The van der Waals surface area contributed by atoms with Crippen molar-refractivity contribution in [1.82, 2.24) is 15.1 Å². The molecule has 1 unspecified atom stereocenters. The molecule has 0 radical (unpaired) electrons. The van der Waals surface area contributed by atoms with Gasteiger partial charge in [-0.25, -0.2) is 0 Å². The van der Waals surface area contributed by atoms with Crippen molar-refractivity contribution >= 4 is 40.4 Å². The van der Waals surface area contributed by atoms with Crippen LogP contribution >= 0.6 is 22.9 Å². The molecule has 1 aliphatic rings. The molecule has 2 aromatic rings. The van der Waals surface area contributed by atoms with Crippen LogP contribution in [0.15, 0.2) is 35.0 Å². The smallest absolute Gasteiger partial charge is 0.313 e. The molecule has 2 amide bonds. The minimum atomic E-state index is -0.687. The fourth-order valence-corrected chi connectivity index (χ4v) is 4.13. The number of likely N-dealkylation sites (N-methyl/N-ethyl adjacent to an activating group) is 1. The number of nitrogens with one attached hydrogen (secondary N) is 2. The van der Waals surface area contributed by atoms with Gasteiger partial charge in [0.15, 0.2) is 0 Å². The Balaban J connectivity index is 1.61. The van der Waals surface area contributed by atoms with Crippen LogP contribution in [0, 0.1) is 6.92 Å². The van der Waals surface area contributed by atoms with Gasteiger partial charge in [0.05, 0.1) is 6.04 Å². The Bertz CT molecular complexity index is 820. The molecule has 150 valence electrons. The van der Waals surface area contributed by atoms with E-state index < -0.39 is 11.8 Å². The van der Waals surface area contributed by atoms with Gasteiger partial charge in [0.2, 0.25) is 0 Å². The number of halogens is 1. The Morgan fingerprint density at radius 2 is 1.93 bits per heavy atom. The van der Waals surface area contributed by atoms with Gasteiger partial charge in [-0.15, -0.1) is 0 Å². The molecule has 2 heterocycles. The summed E-state index contributed by atoms with van der Waals surface area (Å²) in [5, 5.41) is 10.1. The summed E-state index contributed by atoms with van der Waals surface area (Å²) >= 11 is 7.71. The zero-order valence-electron chi connectivity index (χ0n) is 16.1. The number of hydrogen-bond acceptors (Lipinski definition) is 5. The molecule has 1 fully saturated rings. The number of anilines is 1. The molecule has 28 heavy (non-hydrogen) atoms. The zero-order valence-corrected chi connectivity index (χ0v) is 17.6. The average molecular weight is 421 g/mol. The van der Waals surface area contributed by atoms with Crippen molar-refractivity contribution in [3.63, 3.8) is 0 Å². The highest BCUT2D eigenvalue weighted by atomic mass is 35.5. The fourth-order valence-electron chi connectivity index (χ4n) is 3.25. The summed E-state index contributed by atoms with van der Waals surface area (Å²) in [7, 11) is 2.11. The SMILES string of the molecule is Cc1c(Cl)cccc1NC(=O)C(=O)NCC(c1ccsc1)N1CCN(C)CC1. The van der Waals surface area contributed by atoms with E-state index in [2.05, 4.69) is 38.9 Å². The first-order valence-corrected chi connectivity index (χ1v) is 10.6. The number of carbonyl (C=O) groups excluding carboxylic acids is 2. The molecule has 1 atom stereocenters. The third-order valence-electron chi connectivity index (χ3n) is 5.08. The van der Waals surface area contributed by atoms with Crippen LogP contribution in [0.5, 0.6) is 0 Å². The van der Waals surface area contributed by atoms with E-state index >= 15 is 0 Å². The molecule has 1 aromatic carbocycles. The number of benzene rings is 1. The molecule has 0 saturated carbocycles. The van der Waals surface area contributed by atoms with Crippen molar-refractivity contribution in [3.8, 4) is 0 Å². The number of piperazine rings is 1. The number of hydrogen-bond donors (Lipinski definition) is 2. The van der Waals surface area contributed by atoms with E-state index in [0.717, 1.165) is 31.7 Å². The van der Waals surface area contributed by atoms with E-state index in [9.17, 15) is 9.59 Å². The lowest BCUT2D eigenvalue weighted by atomic mass is 10.1. The van der Waals surface area contributed by atoms with Crippen LogP contribution in [0.25, 0.3) is 0 Å². The van der Waals surface area contributed by atoms with E-state index in [0.29, 0.717) is 17.3 Å². The quantitative estimate of drug-likeness (QED) is 0.730. The maximum absolute atomic E-state index is 12.4. The predicted molar refractivity (Wildman–Crippen MR) is 114 cm³/mol. The third-order valence-corrected chi connectivity index (χ3v) is 6.20. The summed E-state index contributed by atoms with van der Waals surface area (Å²) in [5.41, 5.74) is 2.45. The van der Waals surface area contributed by atoms with Crippen LogP contribution in [0.2, 0.25) is 5.02 Å². The first kappa shape index (κ1) is 20.8. The van der Waals surface area contributed by atoms with Gasteiger partial charge in [-0.3, -0.25) is 14.5 Å². The number of amides is 2. The van der Waals surface area contributed by atoms with Crippen molar-refractivity contribution in [2.45, 2.75) is 13.0 Å². The number of rotatable bonds is 5. The standard InChI is InChI=1S/C20H25ClN4O2S/c1-14-16(21)4-3-5-17(14)23-20(27)19(26)22-12-18(15-6-11-28-13-15)25-9-7-24(2)8-10-25/h3-6,11,13,18H,7-10,12H2,1-2H3,(H,22,26)(H,23,27). The van der Waals surface area contributed by atoms with E-state index in [1.807, 2.05) is 5.38 Å². The van der Waals surface area contributed by atoms with E-state index in [1.54, 1.807) is 36.5 Å². The van der Waals surface area contributed by atoms with E-state index in [-0.39, 0.29) is 6.04 Å². The van der Waals surface area contributed by atoms with Gasteiger partial charge in [0, 0.05) is 43.4 Å². The number of carbonyl (C=O) groups is 2. The molecule has 6 nitrogen and oxygen atoms in total. The summed E-state index contributed by atoms with van der Waals surface area (Å²) in [6.07, 6.45) is 0. The minimum Gasteiger partial charge on any atom is -0.346 e. The van der Waals surface area contributed by atoms with Crippen LogP contribution in [0.3, 0.4) is 0 Å². The molecule has 0 spiro atoms. The van der Waals surface area contributed by atoms with Crippen LogP contribution in [0.4, 0.5) is 5.69 Å². The second kappa shape index (κ2) is 9.52. The Kier molecular flexibility index (Phi) is 7.07. The van der Waals surface area contributed by atoms with Crippen molar-refractivity contribution < 1.29 is 9.59 Å². The summed E-state index contributed by atoms with van der Waals surface area (Å²) in [4.78, 5) is 29.3. The van der Waals surface area contributed by atoms with Gasteiger partial charge in [0.25, 0.3) is 0 Å². The average Bonchev–Trinajstić information content (AvgIpc) is 3.21. The lowest BCUT2D eigenvalue weighted by Gasteiger charge is -2.37. The highest BCUT2D eigenvalue weighted by Gasteiger charge is 2.25. The maximum Gasteiger partial charge on any atom is 0.313 e. The third kappa shape index (κ3) is 5.11. The van der Waals surface area contributed by atoms with Gasteiger partial charge >= 0.3 is 11.8 Å². The number of thiophene rings is 1. The Morgan fingerprint density at radius 1 is 1.18 bits per heavy atom. The molecule has 0 aliphatic carbocycles. The monoisotopic (exact) mass is 420 g/mol. The second-order valence-corrected chi connectivity index (χ2v) is 8.18. The Labute approximate surface area is 174 Å². The molecule has 0 bridgehead atoms. The second-order valence-electron chi connectivity index (χ2n) is 6.99. The highest BCUT2D eigenvalue weighted by Crippen LogP contribution is 2.24. The topological polar surface area (TPSA) is 64.7 Å². The lowest BCUT2D eigenvalue weighted by molar-refractivity contribution is -0.136. The van der Waals surface area contributed by atoms with Crippen molar-refractivity contribution in [2.75, 3.05) is 45.1 Å². The van der Waals surface area contributed by atoms with Crippen molar-refractivity contribution in [3.05, 3.63) is 51.2 Å². The van der Waals surface area contributed by atoms with Gasteiger partial charge in [-0.2, -0.15) is 11.3 Å². The Morgan fingerprint density at radius 3 is 2.61 bits per heavy atom. The summed E-state index contributed by atoms with van der Waals surface area (Å²) < 4.78 is 0. The van der Waals surface area contributed by atoms with Crippen molar-refractivity contribution in [1.29, 1.82) is 0 Å². The van der Waals surface area contributed by atoms with E-state index in [1.165, 1.54) is 5.56 Å². The van der Waals surface area contributed by atoms with Crippen LogP contribution in [-0.4, -0.2) is 61.4 Å². The molecule has 2 N–H and O–H groups in total.